The van der Waals surface area contributed by atoms with Gasteiger partial charge in [-0.3, -0.25) is 14.3 Å². The average Bonchev–Trinajstić information content (AvgIpc) is 3.10. The van der Waals surface area contributed by atoms with E-state index < -0.39 is 0 Å². The van der Waals surface area contributed by atoms with Crippen molar-refractivity contribution in [2.75, 3.05) is 0 Å². The number of ketones is 1. The average molecular weight is 333 g/mol. The first-order chi connectivity index (χ1) is 10.9. The highest BCUT2D eigenvalue weighted by Gasteiger charge is 2.36. The van der Waals surface area contributed by atoms with Crippen LogP contribution in [0.3, 0.4) is 0 Å². The standard InChI is InChI=1S/C16H19N3O3S/c1-9(20)13-3-4-14(23-13)16(22)18-15(10-5-12(21)6-10)11-7-17-19(2)8-11/h3-4,7-8,10,12,15,21H,5-6H2,1-2H3,(H,18,22)/t10?,12?,15-/m1/s1. The van der Waals surface area contributed by atoms with Gasteiger partial charge in [0.05, 0.1) is 28.1 Å². The van der Waals surface area contributed by atoms with Gasteiger partial charge in [-0.15, -0.1) is 11.3 Å². The lowest BCUT2D eigenvalue weighted by Crippen LogP contribution is -2.41. The smallest absolute Gasteiger partial charge is 0.261 e. The zero-order valence-corrected chi connectivity index (χ0v) is 13.8. The molecule has 2 N–H and O–H groups in total. The maximum atomic E-state index is 12.5. The summed E-state index contributed by atoms with van der Waals surface area (Å²) in [6.07, 6.45) is 4.67. The Morgan fingerprint density at radius 1 is 1.39 bits per heavy atom. The molecule has 7 heteroatoms. The largest absolute Gasteiger partial charge is 0.393 e. The topological polar surface area (TPSA) is 84.2 Å². The molecule has 0 aromatic carbocycles. The summed E-state index contributed by atoms with van der Waals surface area (Å²) in [7, 11) is 1.83. The van der Waals surface area contributed by atoms with Crippen LogP contribution in [0, 0.1) is 5.92 Å². The van der Waals surface area contributed by atoms with Gasteiger partial charge in [0, 0.05) is 18.8 Å². The van der Waals surface area contributed by atoms with E-state index in [2.05, 4.69) is 10.4 Å². The molecule has 0 spiro atoms. The summed E-state index contributed by atoms with van der Waals surface area (Å²) in [5.41, 5.74) is 0.932. The third-order valence-electron chi connectivity index (χ3n) is 4.17. The van der Waals surface area contributed by atoms with Gasteiger partial charge < -0.3 is 10.4 Å². The summed E-state index contributed by atoms with van der Waals surface area (Å²) in [6, 6.07) is 3.17. The summed E-state index contributed by atoms with van der Waals surface area (Å²) >= 11 is 1.20. The highest BCUT2D eigenvalue weighted by molar-refractivity contribution is 7.15. The number of carbonyl (C=O) groups is 2. The highest BCUT2D eigenvalue weighted by atomic mass is 32.1. The molecule has 1 aliphatic rings. The van der Waals surface area contributed by atoms with Crippen LogP contribution in [-0.2, 0) is 7.05 Å². The lowest BCUT2D eigenvalue weighted by molar-refractivity contribution is 0.0235. The molecule has 0 unspecified atom stereocenters. The van der Waals surface area contributed by atoms with Crippen molar-refractivity contribution in [1.29, 1.82) is 0 Å². The van der Waals surface area contributed by atoms with Crippen molar-refractivity contribution in [1.82, 2.24) is 15.1 Å². The lowest BCUT2D eigenvalue weighted by atomic mass is 9.75. The Balaban J connectivity index is 1.77. The first-order valence-corrected chi connectivity index (χ1v) is 8.34. The molecule has 2 aromatic heterocycles. The minimum absolute atomic E-state index is 0.0417. The highest BCUT2D eigenvalue weighted by Crippen LogP contribution is 2.38. The normalized spacial score (nSPS) is 21.5. The second kappa shape index (κ2) is 6.25. The van der Waals surface area contributed by atoms with Crippen molar-refractivity contribution >= 4 is 23.0 Å². The maximum absolute atomic E-state index is 12.5. The predicted molar refractivity (Wildman–Crippen MR) is 86.5 cm³/mol. The van der Waals surface area contributed by atoms with Crippen molar-refractivity contribution in [3.05, 3.63) is 39.8 Å². The Morgan fingerprint density at radius 3 is 2.61 bits per heavy atom. The van der Waals surface area contributed by atoms with E-state index in [1.165, 1.54) is 18.3 Å². The summed E-state index contributed by atoms with van der Waals surface area (Å²) in [5, 5.41) is 16.8. The Morgan fingerprint density at radius 2 is 2.09 bits per heavy atom. The third-order valence-corrected chi connectivity index (χ3v) is 5.35. The molecule has 1 atom stereocenters. The number of aliphatic hydroxyl groups is 1. The first kappa shape index (κ1) is 15.9. The number of hydrogen-bond donors (Lipinski definition) is 2. The summed E-state index contributed by atoms with van der Waals surface area (Å²) < 4.78 is 1.70. The van der Waals surface area contributed by atoms with Crippen LogP contribution < -0.4 is 5.32 Å². The molecule has 2 aromatic rings. The fraction of sp³-hybridized carbons (Fsp3) is 0.438. The Hall–Kier alpha value is -1.99. The van der Waals surface area contributed by atoms with Gasteiger partial charge in [-0.05, 0) is 37.8 Å². The van der Waals surface area contributed by atoms with Gasteiger partial charge in [-0.1, -0.05) is 0 Å². The number of amides is 1. The fourth-order valence-electron chi connectivity index (χ4n) is 2.84. The van der Waals surface area contributed by atoms with Crippen molar-refractivity contribution in [2.24, 2.45) is 13.0 Å². The van der Waals surface area contributed by atoms with Crippen LogP contribution in [0.5, 0.6) is 0 Å². The van der Waals surface area contributed by atoms with Crippen molar-refractivity contribution in [3.63, 3.8) is 0 Å². The van der Waals surface area contributed by atoms with Crippen LogP contribution in [0.1, 0.15) is 50.7 Å². The molecule has 0 aliphatic heterocycles. The van der Waals surface area contributed by atoms with E-state index in [1.807, 2.05) is 13.2 Å². The molecular weight excluding hydrogens is 314 g/mol. The van der Waals surface area contributed by atoms with Crippen LogP contribution in [-0.4, -0.2) is 32.7 Å². The van der Waals surface area contributed by atoms with Crippen LogP contribution >= 0.6 is 11.3 Å². The molecule has 0 bridgehead atoms. The minimum atomic E-state index is -0.290. The molecule has 122 valence electrons. The number of nitrogens with one attached hydrogen (secondary N) is 1. The quantitative estimate of drug-likeness (QED) is 0.819. The number of aliphatic hydroxyl groups excluding tert-OH is 1. The molecule has 1 amide bonds. The fourth-order valence-corrected chi connectivity index (χ4v) is 3.64. The minimum Gasteiger partial charge on any atom is -0.393 e. The number of hydrogen-bond acceptors (Lipinski definition) is 5. The van der Waals surface area contributed by atoms with E-state index in [0.29, 0.717) is 22.6 Å². The van der Waals surface area contributed by atoms with Gasteiger partial charge in [-0.25, -0.2) is 0 Å². The number of thiophene rings is 1. The second-order valence-electron chi connectivity index (χ2n) is 6.00. The summed E-state index contributed by atoms with van der Waals surface area (Å²) in [6.45, 7) is 1.49. The number of Topliss-reactive ketones (excluding diaryl/α,β-unsaturated/α-hetero) is 1. The number of aromatic nitrogens is 2. The van der Waals surface area contributed by atoms with Gasteiger partial charge in [0.15, 0.2) is 5.78 Å². The predicted octanol–water partition coefficient (Wildman–Crippen LogP) is 1.93. The lowest BCUT2D eigenvalue weighted by Gasteiger charge is -2.37. The second-order valence-corrected chi connectivity index (χ2v) is 7.09. The first-order valence-electron chi connectivity index (χ1n) is 7.52. The van der Waals surface area contributed by atoms with E-state index in [9.17, 15) is 14.7 Å². The molecule has 1 aliphatic carbocycles. The van der Waals surface area contributed by atoms with E-state index in [0.717, 1.165) is 5.56 Å². The summed E-state index contributed by atoms with van der Waals surface area (Å²) in [5.74, 6) is -0.0388. The van der Waals surface area contributed by atoms with E-state index in [1.54, 1.807) is 23.0 Å². The zero-order valence-electron chi connectivity index (χ0n) is 13.0. The van der Waals surface area contributed by atoms with Gasteiger partial charge in [0.2, 0.25) is 0 Å². The number of aryl methyl sites for hydroxylation is 1. The molecule has 6 nitrogen and oxygen atoms in total. The van der Waals surface area contributed by atoms with Crippen LogP contribution in [0.15, 0.2) is 24.5 Å². The molecule has 1 saturated carbocycles. The van der Waals surface area contributed by atoms with Crippen molar-refractivity contribution < 1.29 is 14.7 Å². The number of carbonyl (C=O) groups excluding carboxylic acids is 2. The van der Waals surface area contributed by atoms with Gasteiger partial charge >= 0.3 is 0 Å². The SMILES string of the molecule is CC(=O)c1ccc(C(=O)N[C@@H](c2cnn(C)c2)C2CC(O)C2)s1. The molecular formula is C16H19N3O3S. The zero-order chi connectivity index (χ0) is 16.6. The van der Waals surface area contributed by atoms with Crippen molar-refractivity contribution in [2.45, 2.75) is 31.9 Å². The van der Waals surface area contributed by atoms with Crippen LogP contribution in [0.4, 0.5) is 0 Å². The molecule has 0 saturated heterocycles. The maximum Gasteiger partial charge on any atom is 0.261 e. The molecule has 23 heavy (non-hydrogen) atoms. The van der Waals surface area contributed by atoms with E-state index in [4.69, 9.17) is 0 Å². The van der Waals surface area contributed by atoms with Crippen LogP contribution in [0.25, 0.3) is 0 Å². The van der Waals surface area contributed by atoms with Gasteiger partial charge in [0.25, 0.3) is 5.91 Å². The van der Waals surface area contributed by atoms with Gasteiger partial charge in [0.1, 0.15) is 0 Å². The monoisotopic (exact) mass is 333 g/mol. The van der Waals surface area contributed by atoms with E-state index in [-0.39, 0.29) is 29.8 Å². The van der Waals surface area contributed by atoms with Crippen molar-refractivity contribution in [3.8, 4) is 0 Å². The number of rotatable bonds is 5. The van der Waals surface area contributed by atoms with E-state index >= 15 is 0 Å². The summed E-state index contributed by atoms with van der Waals surface area (Å²) in [4.78, 5) is 25.0. The Kier molecular flexibility index (Phi) is 4.32. The Bertz CT molecular complexity index is 731. The third kappa shape index (κ3) is 3.35. The Labute approximate surface area is 138 Å². The number of nitrogens with zero attached hydrogens (tertiary/aromatic N) is 2. The van der Waals surface area contributed by atoms with Gasteiger partial charge in [-0.2, -0.15) is 5.10 Å². The van der Waals surface area contributed by atoms with Crippen LogP contribution in [0.2, 0.25) is 0 Å². The molecule has 2 heterocycles. The molecule has 1 fully saturated rings. The molecule has 3 rings (SSSR count). The molecule has 0 radical (unpaired) electrons.